The Hall–Kier alpha value is -3.09. The molecule has 0 bridgehead atoms. The molecule has 1 amide bonds. The molecule has 148 valence electrons. The third-order valence-corrected chi connectivity index (χ3v) is 5.69. The molecule has 0 saturated carbocycles. The summed E-state index contributed by atoms with van der Waals surface area (Å²) in [6, 6.07) is 12.7. The second-order valence-corrected chi connectivity index (χ2v) is 8.16. The molecule has 2 aromatic rings. The zero-order valence-corrected chi connectivity index (χ0v) is 16.8. The topological polar surface area (TPSA) is 109 Å². The van der Waals surface area contributed by atoms with Crippen LogP contribution in [-0.2, 0) is 14.8 Å². The van der Waals surface area contributed by atoms with Crippen LogP contribution in [0.3, 0.4) is 0 Å². The van der Waals surface area contributed by atoms with Crippen molar-refractivity contribution in [3.63, 3.8) is 0 Å². The molecule has 9 heteroatoms. The van der Waals surface area contributed by atoms with Gasteiger partial charge in [0.2, 0.25) is 10.0 Å². The maximum atomic E-state index is 12.5. The van der Waals surface area contributed by atoms with Crippen molar-refractivity contribution in [1.29, 1.82) is 5.26 Å². The highest BCUT2D eigenvalue weighted by Crippen LogP contribution is 2.29. The van der Waals surface area contributed by atoms with Crippen molar-refractivity contribution in [1.82, 2.24) is 4.31 Å². The predicted molar refractivity (Wildman–Crippen MR) is 104 cm³/mol. The average molecular weight is 403 g/mol. The highest BCUT2D eigenvalue weighted by Gasteiger charge is 2.23. The number of rotatable bonds is 7. The Morgan fingerprint density at radius 3 is 2.36 bits per heavy atom. The minimum Gasteiger partial charge on any atom is -0.495 e. The number of nitrogens with zero attached hydrogens (tertiary/aromatic N) is 2. The van der Waals surface area contributed by atoms with Crippen LogP contribution in [0.1, 0.15) is 12.5 Å². The van der Waals surface area contributed by atoms with E-state index in [9.17, 15) is 13.2 Å². The van der Waals surface area contributed by atoms with Gasteiger partial charge in [-0.2, -0.15) is 5.26 Å². The molecule has 0 aromatic heterocycles. The lowest BCUT2D eigenvalue weighted by molar-refractivity contribution is -0.122. The van der Waals surface area contributed by atoms with Crippen molar-refractivity contribution in [2.75, 3.05) is 26.5 Å². The van der Waals surface area contributed by atoms with Crippen molar-refractivity contribution < 1.29 is 22.7 Å². The summed E-state index contributed by atoms with van der Waals surface area (Å²) >= 11 is 0. The number of anilines is 1. The Kier molecular flexibility index (Phi) is 6.62. The summed E-state index contributed by atoms with van der Waals surface area (Å²) in [6.07, 6.45) is -0.844. The average Bonchev–Trinajstić information content (AvgIpc) is 2.68. The van der Waals surface area contributed by atoms with Gasteiger partial charge < -0.3 is 14.8 Å². The number of ether oxygens (including phenoxy) is 2. The summed E-state index contributed by atoms with van der Waals surface area (Å²) in [6.45, 7) is 1.56. The van der Waals surface area contributed by atoms with E-state index in [1.54, 1.807) is 37.3 Å². The maximum Gasteiger partial charge on any atom is 0.265 e. The molecular weight excluding hydrogens is 382 g/mol. The van der Waals surface area contributed by atoms with Crippen LogP contribution in [0.15, 0.2) is 47.4 Å². The van der Waals surface area contributed by atoms with Gasteiger partial charge in [0, 0.05) is 19.8 Å². The van der Waals surface area contributed by atoms with Gasteiger partial charge in [-0.05, 0) is 49.4 Å². The van der Waals surface area contributed by atoms with Gasteiger partial charge in [0.05, 0.1) is 18.7 Å². The Morgan fingerprint density at radius 1 is 1.18 bits per heavy atom. The summed E-state index contributed by atoms with van der Waals surface area (Å²) in [7, 11) is 0.437. The quantitative estimate of drug-likeness (QED) is 0.759. The fraction of sp³-hybridized carbons (Fsp3) is 0.263. The standard InChI is InChI=1S/C19H21N3O5S/c1-13(27-16-8-5-14(12-20)6-9-16)19(23)21-15-7-10-17(26-4)18(11-15)28(24,25)22(2)3/h5-11,13H,1-4H3,(H,21,23)/t13-/m0/s1. The van der Waals surface area contributed by atoms with Crippen LogP contribution in [0.4, 0.5) is 5.69 Å². The van der Waals surface area contributed by atoms with Gasteiger partial charge in [0.15, 0.2) is 6.10 Å². The van der Waals surface area contributed by atoms with Gasteiger partial charge in [-0.15, -0.1) is 0 Å². The first-order chi connectivity index (χ1) is 13.2. The van der Waals surface area contributed by atoms with E-state index < -0.39 is 22.0 Å². The second-order valence-electron chi connectivity index (χ2n) is 6.04. The Morgan fingerprint density at radius 2 is 1.82 bits per heavy atom. The SMILES string of the molecule is COc1ccc(NC(=O)[C@H](C)Oc2ccc(C#N)cc2)cc1S(=O)(=O)N(C)C. The summed E-state index contributed by atoms with van der Waals surface area (Å²) < 4.78 is 36.7. The fourth-order valence-electron chi connectivity index (χ4n) is 2.26. The van der Waals surface area contributed by atoms with Crippen molar-refractivity contribution in [3.05, 3.63) is 48.0 Å². The van der Waals surface area contributed by atoms with Crippen LogP contribution >= 0.6 is 0 Å². The number of hydrogen-bond donors (Lipinski definition) is 1. The van der Waals surface area contributed by atoms with Gasteiger partial charge in [-0.1, -0.05) is 0 Å². The molecule has 0 heterocycles. The molecule has 0 unspecified atom stereocenters. The van der Waals surface area contributed by atoms with E-state index in [0.717, 1.165) is 4.31 Å². The van der Waals surface area contributed by atoms with Crippen molar-refractivity contribution in [3.8, 4) is 17.6 Å². The van der Waals surface area contributed by atoms with Crippen molar-refractivity contribution >= 4 is 21.6 Å². The van der Waals surface area contributed by atoms with Gasteiger partial charge in [-0.25, -0.2) is 12.7 Å². The number of benzene rings is 2. The van der Waals surface area contributed by atoms with Gasteiger partial charge in [0.25, 0.3) is 5.91 Å². The fourth-order valence-corrected chi connectivity index (χ4v) is 3.34. The Bertz CT molecular complexity index is 995. The monoisotopic (exact) mass is 403 g/mol. The smallest absolute Gasteiger partial charge is 0.265 e. The molecule has 1 N–H and O–H groups in total. The van der Waals surface area contributed by atoms with E-state index in [1.165, 1.54) is 33.3 Å². The number of methoxy groups -OCH3 is 1. The van der Waals surface area contributed by atoms with Gasteiger partial charge >= 0.3 is 0 Å². The first-order valence-electron chi connectivity index (χ1n) is 8.27. The third-order valence-electron chi connectivity index (χ3n) is 3.86. The first-order valence-corrected chi connectivity index (χ1v) is 9.71. The van der Waals surface area contributed by atoms with E-state index in [0.29, 0.717) is 17.0 Å². The van der Waals surface area contributed by atoms with E-state index in [-0.39, 0.29) is 10.6 Å². The number of sulfonamides is 1. The maximum absolute atomic E-state index is 12.5. The van der Waals surface area contributed by atoms with Crippen LogP contribution in [0.5, 0.6) is 11.5 Å². The highest BCUT2D eigenvalue weighted by atomic mass is 32.2. The number of amides is 1. The molecule has 0 radical (unpaired) electrons. The van der Waals surface area contributed by atoms with E-state index in [1.807, 2.05) is 6.07 Å². The molecular formula is C19H21N3O5S. The minimum absolute atomic E-state index is 0.0570. The molecule has 0 aliphatic heterocycles. The lowest BCUT2D eigenvalue weighted by Crippen LogP contribution is -2.30. The van der Waals surface area contributed by atoms with Crippen molar-refractivity contribution in [2.45, 2.75) is 17.9 Å². The van der Waals surface area contributed by atoms with E-state index in [2.05, 4.69) is 5.32 Å². The molecule has 2 aromatic carbocycles. The summed E-state index contributed by atoms with van der Waals surface area (Å²) in [5.41, 5.74) is 0.777. The molecule has 0 spiro atoms. The second kappa shape index (κ2) is 8.73. The number of hydrogen-bond acceptors (Lipinski definition) is 6. The lowest BCUT2D eigenvalue weighted by Gasteiger charge is -2.17. The Balaban J connectivity index is 2.17. The third kappa shape index (κ3) is 4.79. The molecule has 0 saturated heterocycles. The molecule has 28 heavy (non-hydrogen) atoms. The normalized spacial score (nSPS) is 12.1. The van der Waals surface area contributed by atoms with Crippen molar-refractivity contribution in [2.24, 2.45) is 0 Å². The molecule has 0 fully saturated rings. The molecule has 8 nitrogen and oxygen atoms in total. The molecule has 0 aliphatic carbocycles. The minimum atomic E-state index is -3.75. The van der Waals surface area contributed by atoms with Crippen LogP contribution in [0, 0.1) is 11.3 Å². The predicted octanol–water partition coefficient (Wildman–Crippen LogP) is 2.22. The van der Waals surface area contributed by atoms with E-state index in [4.69, 9.17) is 14.7 Å². The number of carbonyl (C=O) groups excluding carboxylic acids is 1. The molecule has 2 rings (SSSR count). The lowest BCUT2D eigenvalue weighted by atomic mass is 10.2. The summed E-state index contributed by atoms with van der Waals surface area (Å²) in [4.78, 5) is 12.4. The number of carbonyl (C=O) groups is 1. The van der Waals surface area contributed by atoms with Gasteiger partial charge in [0.1, 0.15) is 16.4 Å². The molecule has 0 aliphatic rings. The Labute approximate surface area is 164 Å². The van der Waals surface area contributed by atoms with Crippen LogP contribution in [0.25, 0.3) is 0 Å². The van der Waals surface area contributed by atoms with Crippen LogP contribution < -0.4 is 14.8 Å². The van der Waals surface area contributed by atoms with Crippen LogP contribution in [-0.4, -0.2) is 45.9 Å². The summed E-state index contributed by atoms with van der Waals surface area (Å²) in [5.74, 6) is 0.156. The van der Waals surface area contributed by atoms with Gasteiger partial charge in [-0.3, -0.25) is 4.79 Å². The highest BCUT2D eigenvalue weighted by molar-refractivity contribution is 7.89. The number of nitrogens with one attached hydrogen (secondary N) is 1. The largest absolute Gasteiger partial charge is 0.495 e. The zero-order valence-electron chi connectivity index (χ0n) is 16.0. The number of nitriles is 1. The molecule has 1 atom stereocenters. The first kappa shape index (κ1) is 21.2. The zero-order chi connectivity index (χ0) is 20.9. The summed E-state index contributed by atoms with van der Waals surface area (Å²) in [5, 5.41) is 11.4. The van der Waals surface area contributed by atoms with Crippen LogP contribution in [0.2, 0.25) is 0 Å². The van der Waals surface area contributed by atoms with E-state index >= 15 is 0 Å².